The van der Waals surface area contributed by atoms with E-state index in [-0.39, 0.29) is 38.7 Å². The third-order valence-electron chi connectivity index (χ3n) is 6.02. The Morgan fingerprint density at radius 2 is 1.90 bits per heavy atom. The van der Waals surface area contributed by atoms with E-state index in [2.05, 4.69) is 31.3 Å². The zero-order chi connectivity index (χ0) is 28.8. The van der Waals surface area contributed by atoms with E-state index in [0.717, 1.165) is 10.5 Å². The van der Waals surface area contributed by atoms with Crippen LogP contribution in [0.1, 0.15) is 37.4 Å². The number of halogens is 4. The molecule has 0 fully saturated rings. The molecular weight excluding hydrogens is 615 g/mol. The number of primary amides is 1. The average Bonchev–Trinajstić information content (AvgIpc) is 3.61. The maximum absolute atomic E-state index is 13.7. The van der Waals surface area contributed by atoms with E-state index in [1.807, 2.05) is 12.1 Å². The highest BCUT2D eigenvalue weighted by molar-refractivity contribution is 9.10. The van der Waals surface area contributed by atoms with Crippen LogP contribution in [0.25, 0.3) is 21.3 Å². The Morgan fingerprint density at radius 1 is 1.18 bits per heavy atom. The first-order chi connectivity index (χ1) is 18.9. The van der Waals surface area contributed by atoms with Crippen LogP contribution in [0.4, 0.5) is 18.9 Å². The van der Waals surface area contributed by atoms with E-state index < -0.39 is 23.7 Å². The predicted octanol–water partition coefficient (Wildman–Crippen LogP) is 6.31. The molecule has 0 spiro atoms. The van der Waals surface area contributed by atoms with Gasteiger partial charge >= 0.3 is 6.18 Å². The molecule has 206 valence electrons. The number of nitrogens with zero attached hydrogens (tertiary/aromatic N) is 3. The largest absolute Gasteiger partial charge is 0.486 e. The van der Waals surface area contributed by atoms with E-state index in [1.165, 1.54) is 16.9 Å². The molecule has 0 saturated carbocycles. The van der Waals surface area contributed by atoms with Gasteiger partial charge < -0.3 is 20.2 Å². The van der Waals surface area contributed by atoms with Gasteiger partial charge in [0.2, 0.25) is 0 Å². The van der Waals surface area contributed by atoms with Gasteiger partial charge in [-0.2, -0.15) is 18.3 Å². The molecule has 0 bridgehead atoms. The first kappa shape index (κ1) is 27.4. The average molecular weight is 634 g/mol. The summed E-state index contributed by atoms with van der Waals surface area (Å²) in [4.78, 5) is 29.0. The molecular formula is C26H19BrF3N5O4S. The minimum Gasteiger partial charge on any atom is -0.486 e. The van der Waals surface area contributed by atoms with Crippen molar-refractivity contribution in [1.29, 1.82) is 0 Å². The Balaban J connectivity index is 1.53. The van der Waals surface area contributed by atoms with Gasteiger partial charge in [-0.25, -0.2) is 4.98 Å². The number of nitrogens with two attached hydrogens (primary N) is 1. The monoisotopic (exact) mass is 633 g/mol. The molecule has 14 heteroatoms. The van der Waals surface area contributed by atoms with Crippen molar-refractivity contribution in [3.63, 3.8) is 0 Å². The molecule has 4 aromatic heterocycles. The van der Waals surface area contributed by atoms with E-state index >= 15 is 0 Å². The van der Waals surface area contributed by atoms with Crippen LogP contribution < -0.4 is 15.8 Å². The molecule has 0 unspecified atom stereocenters. The molecule has 0 saturated heterocycles. The van der Waals surface area contributed by atoms with Crippen LogP contribution >= 0.6 is 27.3 Å². The van der Waals surface area contributed by atoms with Crippen molar-refractivity contribution in [2.45, 2.75) is 19.7 Å². The topological polar surface area (TPSA) is 125 Å². The number of benzene rings is 1. The standard InChI is InChI=1S/C26H19BrF3N5O4S/c1-12-17(10-32-35(12)2)16-9-19(26(28,29)30)33-25-20(16)21(22(40-25)23(31)36)34-24(37)18-8-7-15(39-18)11-38-14-5-3-13(27)4-6-14/h3-10H,11H2,1-2H3,(H2,31,36)(H,34,37). The first-order valence-corrected chi connectivity index (χ1v) is 13.1. The van der Waals surface area contributed by atoms with Crippen LogP contribution in [0.15, 0.2) is 57.6 Å². The number of amides is 2. The Kier molecular flexibility index (Phi) is 7.14. The van der Waals surface area contributed by atoms with Crippen molar-refractivity contribution >= 4 is 55.0 Å². The van der Waals surface area contributed by atoms with E-state index in [4.69, 9.17) is 14.9 Å². The summed E-state index contributed by atoms with van der Waals surface area (Å²) in [6, 6.07) is 11.0. The van der Waals surface area contributed by atoms with Crippen LogP contribution in [0.5, 0.6) is 5.75 Å². The summed E-state index contributed by atoms with van der Waals surface area (Å²) >= 11 is 3.99. The summed E-state index contributed by atoms with van der Waals surface area (Å²) in [5.41, 5.74) is 5.35. The highest BCUT2D eigenvalue weighted by Crippen LogP contribution is 2.44. The van der Waals surface area contributed by atoms with Gasteiger partial charge in [-0.1, -0.05) is 15.9 Å². The van der Waals surface area contributed by atoms with Gasteiger partial charge in [-0.05, 0) is 55.0 Å². The summed E-state index contributed by atoms with van der Waals surface area (Å²) in [7, 11) is 1.64. The molecule has 0 aliphatic carbocycles. The molecule has 1 aromatic carbocycles. The van der Waals surface area contributed by atoms with Gasteiger partial charge in [0.05, 0.1) is 11.9 Å². The molecule has 40 heavy (non-hydrogen) atoms. The van der Waals surface area contributed by atoms with Crippen molar-refractivity contribution in [2.75, 3.05) is 5.32 Å². The van der Waals surface area contributed by atoms with E-state index in [0.29, 0.717) is 34.1 Å². The number of hydrogen-bond acceptors (Lipinski definition) is 7. The zero-order valence-corrected chi connectivity index (χ0v) is 23.2. The lowest BCUT2D eigenvalue weighted by atomic mass is 10.0. The highest BCUT2D eigenvalue weighted by atomic mass is 79.9. The molecule has 3 N–H and O–H groups in total. The van der Waals surface area contributed by atoms with Crippen molar-refractivity contribution in [3.05, 3.63) is 80.9 Å². The number of aromatic nitrogens is 3. The molecule has 2 amide bonds. The van der Waals surface area contributed by atoms with Crippen molar-refractivity contribution in [2.24, 2.45) is 12.8 Å². The van der Waals surface area contributed by atoms with Gasteiger partial charge in [-0.3, -0.25) is 14.3 Å². The fourth-order valence-corrected chi connectivity index (χ4v) is 5.22. The summed E-state index contributed by atoms with van der Waals surface area (Å²) in [6.45, 7) is 1.72. The number of carbonyl (C=O) groups excluding carboxylic acids is 2. The fraction of sp³-hybridized carbons (Fsp3) is 0.154. The minimum absolute atomic E-state index is 0.0391. The SMILES string of the molecule is Cc1c(-c2cc(C(F)(F)F)nc3sc(C(N)=O)c(NC(=O)c4ccc(COc5ccc(Br)cc5)o4)c23)cnn1C. The number of hydrogen-bond donors (Lipinski definition) is 2. The summed E-state index contributed by atoms with van der Waals surface area (Å²) < 4.78 is 54.9. The van der Waals surface area contributed by atoms with Crippen LogP contribution in [0.3, 0.4) is 0 Å². The molecule has 4 heterocycles. The van der Waals surface area contributed by atoms with Gasteiger partial charge in [0.1, 0.15) is 33.5 Å². The number of nitrogens with one attached hydrogen (secondary N) is 1. The first-order valence-electron chi connectivity index (χ1n) is 11.5. The number of fused-ring (bicyclic) bond motifs is 1. The zero-order valence-electron chi connectivity index (χ0n) is 20.8. The number of thiophene rings is 1. The number of aryl methyl sites for hydroxylation is 1. The summed E-state index contributed by atoms with van der Waals surface area (Å²) in [5.74, 6) is -0.857. The maximum atomic E-state index is 13.7. The Hall–Kier alpha value is -4.17. The quantitative estimate of drug-likeness (QED) is 0.216. The Morgan fingerprint density at radius 3 is 2.52 bits per heavy atom. The number of rotatable bonds is 7. The molecule has 0 aliphatic rings. The Labute approximate surface area is 236 Å². The number of anilines is 1. The third kappa shape index (κ3) is 5.31. The maximum Gasteiger partial charge on any atom is 0.433 e. The Bertz CT molecular complexity index is 1760. The lowest BCUT2D eigenvalue weighted by Crippen LogP contribution is -2.16. The second-order valence-electron chi connectivity index (χ2n) is 8.63. The highest BCUT2D eigenvalue weighted by Gasteiger charge is 2.35. The smallest absolute Gasteiger partial charge is 0.433 e. The van der Waals surface area contributed by atoms with Gasteiger partial charge in [0, 0.05) is 28.2 Å². The van der Waals surface area contributed by atoms with Crippen LogP contribution in [0.2, 0.25) is 0 Å². The minimum atomic E-state index is -4.76. The molecule has 5 rings (SSSR count). The lowest BCUT2D eigenvalue weighted by Gasteiger charge is -2.12. The second-order valence-corrected chi connectivity index (χ2v) is 10.5. The van der Waals surface area contributed by atoms with Gasteiger partial charge in [0.15, 0.2) is 5.76 Å². The number of ether oxygens (including phenoxy) is 1. The summed E-state index contributed by atoms with van der Waals surface area (Å²) in [5, 5.41) is 6.86. The van der Waals surface area contributed by atoms with Crippen molar-refractivity contribution in [3.8, 4) is 16.9 Å². The number of furan rings is 1. The molecule has 5 aromatic rings. The lowest BCUT2D eigenvalue weighted by molar-refractivity contribution is -0.140. The number of pyridine rings is 1. The van der Waals surface area contributed by atoms with Crippen molar-refractivity contribution < 1.29 is 31.9 Å². The van der Waals surface area contributed by atoms with Crippen LogP contribution in [0, 0.1) is 6.92 Å². The third-order valence-corrected chi connectivity index (χ3v) is 7.65. The number of carbonyl (C=O) groups is 2. The molecule has 0 aliphatic heterocycles. The fourth-order valence-electron chi connectivity index (χ4n) is 3.95. The van der Waals surface area contributed by atoms with Gasteiger partial charge in [0.25, 0.3) is 11.8 Å². The summed E-state index contributed by atoms with van der Waals surface area (Å²) in [6.07, 6.45) is -3.36. The predicted molar refractivity (Wildman–Crippen MR) is 145 cm³/mol. The van der Waals surface area contributed by atoms with Crippen LogP contribution in [-0.4, -0.2) is 26.6 Å². The molecule has 9 nitrogen and oxygen atoms in total. The number of alkyl halides is 3. The van der Waals surface area contributed by atoms with Gasteiger partial charge in [-0.15, -0.1) is 11.3 Å². The normalized spacial score (nSPS) is 11.7. The van der Waals surface area contributed by atoms with E-state index in [9.17, 15) is 22.8 Å². The molecule has 0 atom stereocenters. The second kappa shape index (κ2) is 10.4. The molecule has 0 radical (unpaired) electrons. The van der Waals surface area contributed by atoms with E-state index in [1.54, 1.807) is 32.2 Å². The van der Waals surface area contributed by atoms with Crippen LogP contribution in [-0.2, 0) is 19.8 Å². The van der Waals surface area contributed by atoms with Crippen molar-refractivity contribution in [1.82, 2.24) is 14.8 Å².